The van der Waals surface area contributed by atoms with Crippen molar-refractivity contribution in [2.75, 3.05) is 0 Å². The molecule has 1 unspecified atom stereocenters. The molecule has 0 radical (unpaired) electrons. The molecule has 1 spiro atoms. The number of hydrogen-bond donors (Lipinski definition) is 3. The van der Waals surface area contributed by atoms with Crippen molar-refractivity contribution in [3.05, 3.63) is 0 Å². The fourth-order valence-corrected chi connectivity index (χ4v) is 8.04. The summed E-state index contributed by atoms with van der Waals surface area (Å²) < 4.78 is 0. The highest BCUT2D eigenvalue weighted by atomic mass is 16.4. The van der Waals surface area contributed by atoms with Crippen molar-refractivity contribution in [1.29, 1.82) is 0 Å². The van der Waals surface area contributed by atoms with Gasteiger partial charge in [0, 0.05) is 5.92 Å². The van der Waals surface area contributed by atoms with E-state index in [0.29, 0.717) is 24.7 Å². The molecule has 24 heavy (non-hydrogen) atoms. The summed E-state index contributed by atoms with van der Waals surface area (Å²) >= 11 is 0. The van der Waals surface area contributed by atoms with Crippen LogP contribution in [0.4, 0.5) is 0 Å². The lowest BCUT2D eigenvalue weighted by atomic mass is 9.37. The minimum atomic E-state index is -0.829. The molecule has 0 amide bonds. The van der Waals surface area contributed by atoms with E-state index in [0.717, 1.165) is 38.5 Å². The van der Waals surface area contributed by atoms with Crippen molar-refractivity contribution in [2.45, 2.75) is 83.8 Å². The molecule has 0 aliphatic heterocycles. The molecule has 4 aliphatic carbocycles. The van der Waals surface area contributed by atoms with Crippen LogP contribution in [0.1, 0.15) is 72.1 Å². The Morgan fingerprint density at radius 3 is 2.42 bits per heavy atom. The first-order chi connectivity index (χ1) is 11.1. The molecule has 0 aromatic carbocycles. The first kappa shape index (κ1) is 16.8. The summed E-state index contributed by atoms with van der Waals surface area (Å²) in [5.74, 6) is -0.267. The Hall–Kier alpha value is -0.610. The van der Waals surface area contributed by atoms with Crippen LogP contribution in [0.2, 0.25) is 0 Å². The van der Waals surface area contributed by atoms with Crippen molar-refractivity contribution in [2.24, 2.45) is 34.0 Å². The molecule has 4 heteroatoms. The summed E-state index contributed by atoms with van der Waals surface area (Å²) in [4.78, 5) is 12.1. The molecule has 4 saturated carbocycles. The average Bonchev–Trinajstić information content (AvgIpc) is 2.88. The van der Waals surface area contributed by atoms with Crippen molar-refractivity contribution in [3.63, 3.8) is 0 Å². The van der Waals surface area contributed by atoms with Gasteiger partial charge >= 0.3 is 5.97 Å². The highest BCUT2D eigenvalue weighted by molar-refractivity contribution is 5.75. The van der Waals surface area contributed by atoms with E-state index in [1.165, 1.54) is 0 Å². The van der Waals surface area contributed by atoms with Gasteiger partial charge in [-0.1, -0.05) is 13.3 Å². The monoisotopic (exact) mass is 336 g/mol. The number of rotatable bonds is 1. The predicted molar refractivity (Wildman–Crippen MR) is 90.3 cm³/mol. The third kappa shape index (κ3) is 1.79. The van der Waals surface area contributed by atoms with Gasteiger partial charge in [0.2, 0.25) is 0 Å². The molecule has 0 aromatic heterocycles. The zero-order chi connectivity index (χ0) is 17.5. The van der Waals surface area contributed by atoms with Gasteiger partial charge in [-0.25, -0.2) is 0 Å². The molecular formula is C20H32O4. The lowest BCUT2D eigenvalue weighted by molar-refractivity contribution is -0.235. The predicted octanol–water partition coefficient (Wildman–Crippen LogP) is 3.21. The molecule has 4 aliphatic rings. The van der Waals surface area contributed by atoms with Gasteiger partial charge in [-0.15, -0.1) is 0 Å². The first-order valence-corrected chi connectivity index (χ1v) is 9.71. The quantitative estimate of drug-likeness (QED) is 0.687. The van der Waals surface area contributed by atoms with E-state index < -0.39 is 23.1 Å². The van der Waals surface area contributed by atoms with Crippen LogP contribution < -0.4 is 0 Å². The van der Waals surface area contributed by atoms with Crippen LogP contribution in [0.15, 0.2) is 0 Å². The second-order valence-corrected chi connectivity index (χ2v) is 10.1. The molecule has 2 bridgehead atoms. The number of aliphatic hydroxyl groups excluding tert-OH is 1. The Labute approximate surface area is 144 Å². The SMILES string of the molecule is C[C@]1(O)C[C@@H]2CC(O)[C@H]3[C@](C)(C(=O)O)CCC[C@]3(C)[C@@]23CC[C@@H]1C3. The molecule has 4 nitrogen and oxygen atoms in total. The smallest absolute Gasteiger partial charge is 0.309 e. The first-order valence-electron chi connectivity index (χ1n) is 9.71. The molecule has 0 heterocycles. The Kier molecular flexibility index (Phi) is 3.34. The molecule has 0 saturated heterocycles. The number of fused-ring (bicyclic) bond motifs is 2. The summed E-state index contributed by atoms with van der Waals surface area (Å²) in [7, 11) is 0. The van der Waals surface area contributed by atoms with Crippen LogP contribution in [-0.4, -0.2) is 33.0 Å². The summed E-state index contributed by atoms with van der Waals surface area (Å²) in [6, 6.07) is 0. The third-order valence-electron chi connectivity index (χ3n) is 9.17. The molecular weight excluding hydrogens is 304 g/mol. The van der Waals surface area contributed by atoms with E-state index >= 15 is 0 Å². The number of aliphatic hydroxyl groups is 2. The largest absolute Gasteiger partial charge is 0.481 e. The Morgan fingerprint density at radius 2 is 1.75 bits per heavy atom. The fourth-order valence-electron chi connectivity index (χ4n) is 8.04. The van der Waals surface area contributed by atoms with Crippen LogP contribution >= 0.6 is 0 Å². The lowest BCUT2D eigenvalue weighted by Gasteiger charge is -2.67. The van der Waals surface area contributed by atoms with E-state index in [1.807, 2.05) is 13.8 Å². The number of carboxylic acid groups (broad SMARTS) is 1. The number of carbonyl (C=O) groups is 1. The molecule has 4 fully saturated rings. The topological polar surface area (TPSA) is 77.8 Å². The maximum Gasteiger partial charge on any atom is 0.309 e. The lowest BCUT2D eigenvalue weighted by Crippen LogP contribution is -2.66. The third-order valence-corrected chi connectivity index (χ3v) is 9.17. The number of hydrogen-bond acceptors (Lipinski definition) is 3. The highest BCUT2D eigenvalue weighted by Gasteiger charge is 2.71. The standard InChI is InChI=1S/C20H32O4/c1-17(16(22)23)6-4-7-18(2)15(17)14(21)9-13-10-19(3,24)12-5-8-20(13,18)11-12/h12-15,21,24H,4-11H2,1-3H3,(H,22,23)/t12-,13+,14?,15+,17-,18+,19+,20-/m1/s1. The van der Waals surface area contributed by atoms with Gasteiger partial charge in [-0.05, 0) is 81.5 Å². The summed E-state index contributed by atoms with van der Waals surface area (Å²) in [6.07, 6.45) is 6.62. The van der Waals surface area contributed by atoms with Crippen molar-refractivity contribution in [3.8, 4) is 0 Å². The summed E-state index contributed by atoms with van der Waals surface area (Å²) in [5.41, 5.74) is -1.48. The molecule has 136 valence electrons. The maximum absolute atomic E-state index is 12.1. The number of aliphatic carboxylic acids is 1. The second-order valence-electron chi connectivity index (χ2n) is 10.1. The van der Waals surface area contributed by atoms with Crippen LogP contribution in [-0.2, 0) is 4.79 Å². The van der Waals surface area contributed by atoms with Gasteiger partial charge < -0.3 is 15.3 Å². The van der Waals surface area contributed by atoms with Gasteiger partial charge in [0.1, 0.15) is 0 Å². The van der Waals surface area contributed by atoms with Crippen LogP contribution in [0.3, 0.4) is 0 Å². The van der Waals surface area contributed by atoms with E-state index in [4.69, 9.17) is 0 Å². The Bertz CT molecular complexity index is 572. The van der Waals surface area contributed by atoms with E-state index in [9.17, 15) is 20.1 Å². The number of carboxylic acids is 1. The minimum Gasteiger partial charge on any atom is -0.481 e. The molecule has 3 N–H and O–H groups in total. The van der Waals surface area contributed by atoms with E-state index in [-0.39, 0.29) is 16.7 Å². The average molecular weight is 336 g/mol. The van der Waals surface area contributed by atoms with Gasteiger partial charge in [-0.3, -0.25) is 4.79 Å². The maximum atomic E-state index is 12.1. The van der Waals surface area contributed by atoms with Crippen molar-refractivity contribution in [1.82, 2.24) is 0 Å². The Balaban J connectivity index is 1.82. The highest BCUT2D eigenvalue weighted by Crippen LogP contribution is 2.75. The minimum absolute atomic E-state index is 0.112. The second kappa shape index (κ2) is 4.76. The van der Waals surface area contributed by atoms with E-state index in [2.05, 4.69) is 6.92 Å². The van der Waals surface area contributed by atoms with Crippen LogP contribution in [0.25, 0.3) is 0 Å². The van der Waals surface area contributed by atoms with Crippen LogP contribution in [0.5, 0.6) is 0 Å². The summed E-state index contributed by atoms with van der Waals surface area (Å²) in [6.45, 7) is 6.11. The Morgan fingerprint density at radius 1 is 1.04 bits per heavy atom. The molecule has 8 atom stereocenters. The van der Waals surface area contributed by atoms with Gasteiger partial charge in [-0.2, -0.15) is 0 Å². The zero-order valence-electron chi connectivity index (χ0n) is 15.2. The van der Waals surface area contributed by atoms with Gasteiger partial charge in [0.05, 0.1) is 17.1 Å². The van der Waals surface area contributed by atoms with Crippen molar-refractivity contribution < 1.29 is 20.1 Å². The van der Waals surface area contributed by atoms with E-state index in [1.54, 1.807) is 0 Å². The normalized spacial score (nSPS) is 59.5. The van der Waals surface area contributed by atoms with Crippen molar-refractivity contribution >= 4 is 5.97 Å². The zero-order valence-corrected chi connectivity index (χ0v) is 15.2. The molecule has 4 rings (SSSR count). The molecule has 0 aromatic rings. The summed E-state index contributed by atoms with van der Waals surface area (Å²) in [5, 5.41) is 31.9. The fraction of sp³-hybridized carbons (Fsp3) is 0.950. The van der Waals surface area contributed by atoms with Crippen LogP contribution in [0, 0.1) is 34.0 Å². The van der Waals surface area contributed by atoms with Gasteiger partial charge in [0.25, 0.3) is 0 Å². The van der Waals surface area contributed by atoms with Gasteiger partial charge in [0.15, 0.2) is 0 Å².